The number of nitriles is 1. The number of hydrogen-bond acceptors (Lipinski definition) is 5. The van der Waals surface area contributed by atoms with Crippen LogP contribution in [0, 0.1) is 11.3 Å². The van der Waals surface area contributed by atoms with Crippen molar-refractivity contribution in [3.8, 4) is 6.07 Å². The summed E-state index contributed by atoms with van der Waals surface area (Å²) < 4.78 is 0.602. The molecule has 7 heteroatoms. The number of hydrogen-bond donors (Lipinski definition) is 2. The van der Waals surface area contributed by atoms with Crippen molar-refractivity contribution in [2.75, 3.05) is 5.75 Å². The molecule has 2 N–H and O–H groups in total. The fraction of sp³-hybridized carbons (Fsp3) is 0.333. The molecule has 0 saturated carbocycles. The summed E-state index contributed by atoms with van der Waals surface area (Å²) in [6.45, 7) is 0. The standard InChI is InChI=1S/C3H3NO2.C3H3NOS2/c4-2-1-3(5)6;5-2-1-7-3(6)4-2/h1H2,(H,5,6);1H2,(H,4,5,6). The van der Waals surface area contributed by atoms with Gasteiger partial charge in [0.25, 0.3) is 0 Å². The summed E-state index contributed by atoms with van der Waals surface area (Å²) in [7, 11) is 0. The number of nitrogens with one attached hydrogen (secondary N) is 1. The van der Waals surface area contributed by atoms with E-state index in [-0.39, 0.29) is 5.91 Å². The van der Waals surface area contributed by atoms with Gasteiger partial charge in [0.1, 0.15) is 10.7 Å². The molecule has 0 aromatic heterocycles. The van der Waals surface area contributed by atoms with Gasteiger partial charge in [-0.15, -0.1) is 0 Å². The first-order valence-corrected chi connectivity index (χ1v) is 4.51. The van der Waals surface area contributed by atoms with E-state index in [1.54, 1.807) is 0 Å². The van der Waals surface area contributed by atoms with E-state index in [0.29, 0.717) is 10.1 Å². The van der Waals surface area contributed by atoms with Crippen LogP contribution in [0.15, 0.2) is 0 Å². The highest BCUT2D eigenvalue weighted by molar-refractivity contribution is 8.24. The predicted octanol–water partition coefficient (Wildman–Crippen LogP) is 0.119. The first-order valence-electron chi connectivity index (χ1n) is 3.11. The van der Waals surface area contributed by atoms with Gasteiger partial charge in [-0.25, -0.2) is 0 Å². The maximum Gasteiger partial charge on any atom is 0.317 e. The molecule has 1 fully saturated rings. The number of thioether (sulfide) groups is 1. The van der Waals surface area contributed by atoms with Crippen LogP contribution in [0.4, 0.5) is 0 Å². The lowest BCUT2D eigenvalue weighted by atomic mass is 10.5. The maximum absolute atomic E-state index is 10.2. The van der Waals surface area contributed by atoms with E-state index in [1.165, 1.54) is 17.8 Å². The molecule has 1 aliphatic rings. The number of amides is 1. The Balaban J connectivity index is 0.000000226. The zero-order valence-electron chi connectivity index (χ0n) is 6.44. The first-order chi connectivity index (χ1) is 6.06. The lowest BCUT2D eigenvalue weighted by Crippen LogP contribution is -2.18. The number of carboxylic acid groups (broad SMARTS) is 1. The number of carbonyl (C=O) groups excluding carboxylic acids is 1. The third-order valence-corrected chi connectivity index (χ3v) is 2.03. The third kappa shape index (κ3) is 7.24. The van der Waals surface area contributed by atoms with Crippen LogP contribution >= 0.6 is 24.0 Å². The van der Waals surface area contributed by atoms with Crippen LogP contribution in [0.1, 0.15) is 6.42 Å². The monoisotopic (exact) mass is 218 g/mol. The minimum atomic E-state index is -1.07. The Hall–Kier alpha value is -1.13. The van der Waals surface area contributed by atoms with Crippen molar-refractivity contribution >= 4 is 40.2 Å². The van der Waals surface area contributed by atoms with Crippen LogP contribution in [0.25, 0.3) is 0 Å². The molecule has 70 valence electrons. The molecule has 0 aliphatic carbocycles. The second kappa shape index (κ2) is 6.39. The molecule has 0 unspecified atom stereocenters. The highest BCUT2D eigenvalue weighted by Gasteiger charge is 2.13. The Morgan fingerprint density at radius 1 is 1.85 bits per heavy atom. The predicted molar refractivity (Wildman–Crippen MR) is 51.1 cm³/mol. The van der Waals surface area contributed by atoms with Gasteiger partial charge >= 0.3 is 5.97 Å². The number of thiocarbonyl (C=S) groups is 1. The highest BCUT2D eigenvalue weighted by atomic mass is 32.2. The Kier molecular flexibility index (Phi) is 5.84. The van der Waals surface area contributed by atoms with E-state index < -0.39 is 12.4 Å². The van der Waals surface area contributed by atoms with E-state index >= 15 is 0 Å². The molecule has 5 nitrogen and oxygen atoms in total. The van der Waals surface area contributed by atoms with Crippen molar-refractivity contribution in [2.24, 2.45) is 0 Å². The Morgan fingerprint density at radius 2 is 2.46 bits per heavy atom. The normalized spacial score (nSPS) is 13.8. The van der Waals surface area contributed by atoms with Crippen LogP contribution in [0.2, 0.25) is 0 Å². The number of nitrogens with zero attached hydrogens (tertiary/aromatic N) is 1. The lowest BCUT2D eigenvalue weighted by Gasteiger charge is -1.81. The molecule has 1 saturated heterocycles. The highest BCUT2D eigenvalue weighted by Crippen LogP contribution is 2.06. The fourth-order valence-electron chi connectivity index (χ4n) is 0.385. The molecule has 0 spiro atoms. The van der Waals surface area contributed by atoms with Gasteiger partial charge in [0.05, 0.1) is 11.8 Å². The third-order valence-electron chi connectivity index (χ3n) is 0.806. The van der Waals surface area contributed by atoms with E-state index in [1.807, 2.05) is 0 Å². The van der Waals surface area contributed by atoms with Crippen molar-refractivity contribution in [1.29, 1.82) is 5.26 Å². The summed E-state index contributed by atoms with van der Waals surface area (Å²) in [6, 6.07) is 1.47. The minimum Gasteiger partial charge on any atom is -0.480 e. The van der Waals surface area contributed by atoms with Gasteiger partial charge in [-0.05, 0) is 0 Å². The molecule has 0 aromatic carbocycles. The van der Waals surface area contributed by atoms with Crippen molar-refractivity contribution in [1.82, 2.24) is 5.32 Å². The average Bonchev–Trinajstić information content (AvgIpc) is 2.35. The van der Waals surface area contributed by atoms with Crippen LogP contribution < -0.4 is 5.32 Å². The molecule has 0 aromatic rings. The molecule has 1 amide bonds. The minimum absolute atomic E-state index is 0.0231. The Labute approximate surface area is 84.1 Å². The number of aliphatic carboxylic acids is 1. The van der Waals surface area contributed by atoms with E-state index in [2.05, 4.69) is 17.5 Å². The largest absolute Gasteiger partial charge is 0.480 e. The van der Waals surface area contributed by atoms with E-state index in [4.69, 9.17) is 10.4 Å². The molecule has 1 aliphatic heterocycles. The molecule has 1 heterocycles. The van der Waals surface area contributed by atoms with Crippen molar-refractivity contribution in [2.45, 2.75) is 6.42 Å². The zero-order valence-corrected chi connectivity index (χ0v) is 8.07. The lowest BCUT2D eigenvalue weighted by molar-refractivity contribution is -0.135. The van der Waals surface area contributed by atoms with Crippen LogP contribution in [0.3, 0.4) is 0 Å². The summed E-state index contributed by atoms with van der Waals surface area (Å²) in [6.07, 6.45) is -0.403. The van der Waals surface area contributed by atoms with Gasteiger partial charge in [0.2, 0.25) is 5.91 Å². The smallest absolute Gasteiger partial charge is 0.317 e. The van der Waals surface area contributed by atoms with E-state index in [0.717, 1.165) is 0 Å². The maximum atomic E-state index is 10.2. The number of carbonyl (C=O) groups is 2. The molecule has 1 rings (SSSR count). The number of rotatable bonds is 1. The van der Waals surface area contributed by atoms with E-state index in [9.17, 15) is 9.59 Å². The van der Waals surface area contributed by atoms with Crippen LogP contribution in [0.5, 0.6) is 0 Å². The quantitative estimate of drug-likeness (QED) is 0.607. The summed E-state index contributed by atoms with van der Waals surface area (Å²) in [5, 5.41) is 17.8. The second-order valence-electron chi connectivity index (χ2n) is 1.85. The SMILES string of the molecule is N#CCC(=O)O.O=C1CSC(=S)N1. The van der Waals surface area contributed by atoms with Crippen LogP contribution in [-0.2, 0) is 9.59 Å². The summed E-state index contributed by atoms with van der Waals surface area (Å²) in [5.74, 6) is -0.550. The topological polar surface area (TPSA) is 90.2 Å². The Morgan fingerprint density at radius 3 is 2.54 bits per heavy atom. The van der Waals surface area contributed by atoms with Crippen LogP contribution in [-0.4, -0.2) is 27.1 Å². The van der Waals surface area contributed by atoms with Gasteiger partial charge in [0.15, 0.2) is 0 Å². The van der Waals surface area contributed by atoms with Gasteiger partial charge in [-0.2, -0.15) is 5.26 Å². The molecule has 0 bridgehead atoms. The van der Waals surface area contributed by atoms with Gasteiger partial charge in [0, 0.05) is 0 Å². The average molecular weight is 218 g/mol. The van der Waals surface area contributed by atoms with Gasteiger partial charge in [-0.1, -0.05) is 24.0 Å². The molecule has 0 radical (unpaired) electrons. The van der Waals surface area contributed by atoms with Crippen molar-refractivity contribution < 1.29 is 14.7 Å². The summed E-state index contributed by atoms with van der Waals surface area (Å²) >= 11 is 6.00. The van der Waals surface area contributed by atoms with Crippen molar-refractivity contribution in [3.05, 3.63) is 0 Å². The van der Waals surface area contributed by atoms with Gasteiger partial charge < -0.3 is 10.4 Å². The first kappa shape index (κ1) is 11.9. The second-order valence-corrected chi connectivity index (χ2v) is 3.51. The molecule has 13 heavy (non-hydrogen) atoms. The van der Waals surface area contributed by atoms with Gasteiger partial charge in [-0.3, -0.25) is 9.59 Å². The number of carboxylic acids is 1. The fourth-order valence-corrected chi connectivity index (χ4v) is 1.20. The zero-order chi connectivity index (χ0) is 10.3. The van der Waals surface area contributed by atoms with Crippen molar-refractivity contribution in [3.63, 3.8) is 0 Å². The Bertz CT molecular complexity index is 258. The molecular formula is C6H6N2O3S2. The molecule has 0 atom stereocenters. The summed E-state index contributed by atoms with van der Waals surface area (Å²) in [4.78, 5) is 19.6. The molecular weight excluding hydrogens is 212 g/mol. The summed E-state index contributed by atoms with van der Waals surface area (Å²) in [5.41, 5.74) is 0.